The Balaban J connectivity index is 0.000000145. The number of ether oxygens (including phenoxy) is 1. The molecule has 5 saturated heterocycles. The highest BCUT2D eigenvalue weighted by Crippen LogP contribution is 2.38. The lowest BCUT2D eigenvalue weighted by Gasteiger charge is -2.17. The summed E-state index contributed by atoms with van der Waals surface area (Å²) in [6.45, 7) is 22.1. The number of unbranched alkanes of at least 4 members (excludes halogenated alkanes) is 3. The van der Waals surface area contributed by atoms with Gasteiger partial charge in [-0.25, -0.2) is 0 Å². The molecule has 0 radical (unpaired) electrons. The maximum Gasteiger partial charge on any atom is 0.0727 e. The Labute approximate surface area is 723 Å². The zero-order valence-electron chi connectivity index (χ0n) is 69.6. The van der Waals surface area contributed by atoms with Gasteiger partial charge in [0, 0.05) is 227 Å². The van der Waals surface area contributed by atoms with Crippen molar-refractivity contribution in [3.05, 3.63) is 161 Å². The molecule has 10 atom stereocenters. The second-order valence-corrected chi connectivity index (χ2v) is 38.5. The van der Waals surface area contributed by atoms with Crippen molar-refractivity contribution in [2.24, 2.45) is 29.6 Å². The van der Waals surface area contributed by atoms with E-state index in [1.54, 1.807) is 42.7 Å². The third-order valence-electron chi connectivity index (χ3n) is 23.7. The average Bonchev–Trinajstić information content (AvgIpc) is 1.68. The highest BCUT2D eigenvalue weighted by molar-refractivity contribution is 8.00. The molecule has 0 saturated carbocycles. The lowest BCUT2D eigenvalue weighted by atomic mass is 10.1. The van der Waals surface area contributed by atoms with Crippen LogP contribution in [-0.4, -0.2) is 286 Å². The number of nitrogen functional groups attached to an aromatic ring is 5. The molecule has 0 aromatic carbocycles. The minimum Gasteiger partial charge on any atom is -0.398 e. The van der Waals surface area contributed by atoms with Gasteiger partial charge in [-0.2, -0.15) is 58.8 Å². The van der Waals surface area contributed by atoms with Crippen LogP contribution in [0.4, 0.5) is 28.4 Å². The minimum absolute atomic E-state index is 0.0699. The number of aromatic nitrogens is 5. The Morgan fingerprint density at radius 2 is 0.695 bits per heavy atom. The summed E-state index contributed by atoms with van der Waals surface area (Å²) in [5.41, 5.74) is 51.5. The van der Waals surface area contributed by atoms with Gasteiger partial charge >= 0.3 is 0 Å². The molecule has 5 fully saturated rings. The Morgan fingerprint density at radius 3 is 0.975 bits per heavy atom. The van der Waals surface area contributed by atoms with Crippen LogP contribution in [0.25, 0.3) is 27.9 Å². The Bertz CT molecular complexity index is 4240. The van der Waals surface area contributed by atoms with E-state index < -0.39 is 0 Å². The minimum atomic E-state index is -0.277. The summed E-state index contributed by atoms with van der Waals surface area (Å²) < 4.78 is 5.26. The molecule has 22 nitrogen and oxygen atoms in total. The summed E-state index contributed by atoms with van der Waals surface area (Å²) in [5.74, 6) is 15.1. The number of hydrogen-bond donors (Lipinski definition) is 11. The van der Waals surface area contributed by atoms with Crippen LogP contribution in [0.2, 0.25) is 0 Å². The molecule has 5 aromatic rings. The molecular formula is C91H131N15O7S5. The van der Waals surface area contributed by atoms with Crippen LogP contribution in [0.1, 0.15) is 115 Å². The van der Waals surface area contributed by atoms with Gasteiger partial charge < -0.3 is 64.0 Å². The van der Waals surface area contributed by atoms with E-state index in [9.17, 15) is 25.5 Å². The number of fused-ring (bicyclic) bond motifs is 5. The second kappa shape index (κ2) is 48.2. The maximum atomic E-state index is 10.4. The number of nitrogens with zero attached hydrogens (tertiary/aromatic N) is 10. The second-order valence-electron chi connectivity index (χ2n) is 32.7. The van der Waals surface area contributed by atoms with Crippen molar-refractivity contribution in [2.75, 3.05) is 204 Å². The molecule has 118 heavy (non-hydrogen) atoms. The number of rotatable bonds is 37. The number of hydrogen-bond acceptors (Lipinski definition) is 27. The standard InChI is InChI=1S/C20H27N3OS.C18H27N3O3S.C18H27N3OS.C18H25N3OS.C17H25N3OS/c1-2-3-4-5-10-25-14-16-12-23(13-19(16)24)11-15-6-7-17-18(21)8-9-22-20(15)17;19-16-3-4-20-18-13(1-2-15(16)18)9-21-10-14(17(23)11-21)12-25-8-7-24-6-5-22;2*1-2-3-8-23-12-14-10-21(11-17(14)22)9-13-4-5-15-16(19)6-7-20-18(13)15;1-2-7-22-11-13-9-20(10-16(13)21)8-12-3-4-14-15(18)5-6-19-17(12)14/h1,6,8-9,16,19,24H,3-5,7,10-14H2,(H2,21,22);1,3-4,14,17,22-23H,2,5-12H2,(H2,19,20);4,6-7,14,17,22H,2-3,5,8-12H2,1H3,(H2,19,20);2,4,6-7,14,17,22H,1,3,5,8-12H2,(H2,19,20);3,5-6,13,16,21H,2,4,7-11H2,1H3,(H2,18,19)/t16-,19-;3*14-,17-;13-,16-/m11111/s1. The third kappa shape index (κ3) is 26.5. The fourth-order valence-corrected chi connectivity index (χ4v) is 22.9. The van der Waals surface area contributed by atoms with Gasteiger partial charge in [-0.1, -0.05) is 56.7 Å². The number of β-amino-alcohol motifs (C(OH)–C–C–N with tert-alkyl or cyclic N) is 5. The van der Waals surface area contributed by atoms with Crippen molar-refractivity contribution >= 4 is 115 Å². The lowest BCUT2D eigenvalue weighted by Crippen LogP contribution is -2.24. The van der Waals surface area contributed by atoms with Gasteiger partial charge in [0.2, 0.25) is 0 Å². The van der Waals surface area contributed by atoms with E-state index in [1.165, 1.54) is 58.6 Å². The van der Waals surface area contributed by atoms with Crippen molar-refractivity contribution in [2.45, 2.75) is 121 Å². The number of thioether (sulfide) groups is 5. The number of likely N-dealkylation sites (tertiary alicyclic amines) is 5. The van der Waals surface area contributed by atoms with Gasteiger partial charge in [0.1, 0.15) is 0 Å². The van der Waals surface area contributed by atoms with E-state index in [-0.39, 0.29) is 43.0 Å². The predicted molar refractivity (Wildman–Crippen MR) is 499 cm³/mol. The summed E-state index contributed by atoms with van der Waals surface area (Å²) in [6.07, 6.45) is 38.4. The summed E-state index contributed by atoms with van der Waals surface area (Å²) in [5, 5.41) is 60.3. The molecule has 0 unspecified atom stereocenters. The summed E-state index contributed by atoms with van der Waals surface area (Å²) >= 11 is 9.60. The monoisotopic (exact) mass is 1710 g/mol. The van der Waals surface area contributed by atoms with Crippen LogP contribution in [0.15, 0.2) is 104 Å². The fourth-order valence-electron chi connectivity index (χ4n) is 17.1. The quantitative estimate of drug-likeness (QED) is 0.0100. The summed E-state index contributed by atoms with van der Waals surface area (Å²) in [4.78, 5) is 34.2. The number of anilines is 5. The molecule has 15 rings (SSSR count). The first-order valence-corrected chi connectivity index (χ1v) is 48.5. The zero-order chi connectivity index (χ0) is 83.3. The van der Waals surface area contributed by atoms with Crippen LogP contribution >= 0.6 is 58.8 Å². The highest BCUT2D eigenvalue weighted by Gasteiger charge is 2.38. The van der Waals surface area contributed by atoms with Crippen molar-refractivity contribution < 1.29 is 35.4 Å². The van der Waals surface area contributed by atoms with E-state index in [0.29, 0.717) is 43.4 Å². The van der Waals surface area contributed by atoms with E-state index in [1.807, 2.05) is 83.5 Å². The van der Waals surface area contributed by atoms with Crippen LogP contribution in [0.5, 0.6) is 0 Å². The van der Waals surface area contributed by atoms with E-state index >= 15 is 0 Å². The molecule has 0 spiro atoms. The summed E-state index contributed by atoms with van der Waals surface area (Å²) in [6, 6.07) is 9.33. The summed E-state index contributed by atoms with van der Waals surface area (Å²) in [7, 11) is 0. The van der Waals surface area contributed by atoms with E-state index in [4.69, 9.17) is 44.9 Å². The smallest absolute Gasteiger partial charge is 0.0727 e. The third-order valence-corrected chi connectivity index (χ3v) is 29.9. The van der Waals surface area contributed by atoms with Crippen LogP contribution in [-0.2, 0) is 36.8 Å². The molecule has 27 heteroatoms. The Kier molecular flexibility index (Phi) is 37.9. The number of allylic oxidation sites excluding steroid dienone is 6. The molecule has 0 amide bonds. The number of pyridine rings is 5. The predicted octanol–water partition coefficient (Wildman–Crippen LogP) is 9.74. The molecule has 5 aliphatic heterocycles. The van der Waals surface area contributed by atoms with Gasteiger partial charge in [0.25, 0.3) is 0 Å². The Morgan fingerprint density at radius 1 is 0.407 bits per heavy atom. The molecule has 5 aliphatic carbocycles. The normalized spacial score (nSPS) is 23.6. The first kappa shape index (κ1) is 92.7. The largest absolute Gasteiger partial charge is 0.398 e. The van der Waals surface area contributed by atoms with Crippen molar-refractivity contribution in [1.29, 1.82) is 0 Å². The van der Waals surface area contributed by atoms with Crippen LogP contribution in [0.3, 0.4) is 0 Å². The van der Waals surface area contributed by atoms with Crippen LogP contribution < -0.4 is 28.7 Å². The first-order chi connectivity index (χ1) is 57.4. The van der Waals surface area contributed by atoms with Crippen molar-refractivity contribution in [3.63, 3.8) is 0 Å². The molecule has 10 heterocycles. The molecule has 5 aromatic heterocycles. The molecule has 10 aliphatic rings. The number of aliphatic hydroxyl groups is 6. The molecule has 16 N–H and O–H groups in total. The van der Waals surface area contributed by atoms with Crippen LogP contribution in [0, 0.1) is 41.9 Å². The molecule has 642 valence electrons. The first-order valence-electron chi connectivity index (χ1n) is 42.7. The zero-order valence-corrected chi connectivity index (χ0v) is 73.7. The topological polar surface area (TPSA) is 341 Å². The number of terminal acetylenes is 1. The SMILES string of the molecule is C#CCCCCSC[C@H]1CN(CC2=CCc3c(N)ccnc32)C[C@H]1O.C=CCCSC[C@H]1CN(CC2=CCc3c(N)ccnc32)C[C@H]1O.CCCCSC[C@H]1CN(CC2=CCc3c(N)ccnc32)C[C@H]1O.CCCSC[C@H]1CN(CC2=CCc3c(N)ccnc32)C[C@H]1O.Nc1ccnc2c1CC=C2CN1C[C@H](CSCCOCCO)[C@H](O)C1. The highest BCUT2D eigenvalue weighted by atomic mass is 32.2. The van der Waals surface area contributed by atoms with E-state index in [0.717, 1.165) is 280 Å². The van der Waals surface area contributed by atoms with Gasteiger partial charge in [-0.05, 0) is 174 Å². The van der Waals surface area contributed by atoms with Crippen molar-refractivity contribution in [3.8, 4) is 12.3 Å². The van der Waals surface area contributed by atoms with E-state index in [2.05, 4.69) is 106 Å². The molecular weight excluding hydrogens is 1580 g/mol. The number of nitrogens with two attached hydrogens (primary N) is 5. The van der Waals surface area contributed by atoms with Gasteiger partial charge in [0.15, 0.2) is 0 Å². The average molecular weight is 1710 g/mol. The van der Waals surface area contributed by atoms with Gasteiger partial charge in [0.05, 0.1) is 78.8 Å². The van der Waals surface area contributed by atoms with Gasteiger partial charge in [-0.15, -0.1) is 18.9 Å². The Hall–Kier alpha value is -5.98. The lowest BCUT2D eigenvalue weighted by molar-refractivity contribution is 0.103. The number of aliphatic hydroxyl groups excluding tert-OH is 6. The van der Waals surface area contributed by atoms with Crippen molar-refractivity contribution in [1.82, 2.24) is 49.4 Å². The maximum absolute atomic E-state index is 10.4. The fraction of sp³-hybridized carbons (Fsp3) is 0.571. The molecule has 0 bridgehead atoms. The van der Waals surface area contributed by atoms with Gasteiger partial charge in [-0.3, -0.25) is 49.4 Å².